The van der Waals surface area contributed by atoms with Crippen LogP contribution >= 0.6 is 11.8 Å². The van der Waals surface area contributed by atoms with Gasteiger partial charge < -0.3 is 20.7 Å². The van der Waals surface area contributed by atoms with E-state index in [-0.39, 0.29) is 4.75 Å². The summed E-state index contributed by atoms with van der Waals surface area (Å²) in [5.74, 6) is 0.378. The Morgan fingerprint density at radius 1 is 1.37 bits per heavy atom. The van der Waals surface area contributed by atoms with E-state index in [0.717, 1.165) is 52.1 Å². The Balaban J connectivity index is 2.44. The predicted octanol–water partition coefficient (Wildman–Crippen LogP) is 1.27. The number of piperidine rings is 1. The fraction of sp³-hybridized carbons (Fsp3) is 0.923. The smallest absolute Gasteiger partial charge is 0.155 e. The molecule has 0 aromatic carbocycles. The van der Waals surface area contributed by atoms with Gasteiger partial charge in [0.2, 0.25) is 0 Å². The van der Waals surface area contributed by atoms with E-state index in [9.17, 15) is 0 Å². The second kappa shape index (κ2) is 7.97. The van der Waals surface area contributed by atoms with Gasteiger partial charge in [-0.2, -0.15) is 11.8 Å². The van der Waals surface area contributed by atoms with Gasteiger partial charge in [0, 0.05) is 13.1 Å². The van der Waals surface area contributed by atoms with Gasteiger partial charge in [0.15, 0.2) is 5.84 Å². The molecule has 0 bridgehead atoms. The molecule has 0 radical (unpaired) electrons. The molecule has 0 saturated carbocycles. The third-order valence-corrected chi connectivity index (χ3v) is 5.65. The van der Waals surface area contributed by atoms with Crippen molar-refractivity contribution in [2.75, 3.05) is 45.5 Å². The second-order valence-electron chi connectivity index (χ2n) is 5.05. The van der Waals surface area contributed by atoms with E-state index in [2.05, 4.69) is 28.8 Å². The maximum absolute atomic E-state index is 8.92. The Bertz CT molecular complexity index is 286. The molecule has 1 rings (SSSR count). The highest BCUT2D eigenvalue weighted by Gasteiger charge is 2.37. The monoisotopic (exact) mass is 288 g/mol. The van der Waals surface area contributed by atoms with E-state index in [4.69, 9.17) is 10.9 Å². The predicted molar refractivity (Wildman–Crippen MR) is 83.1 cm³/mol. The number of hydrogen-bond donors (Lipinski definition) is 2. The molecule has 112 valence electrons. The first-order chi connectivity index (χ1) is 9.11. The van der Waals surface area contributed by atoms with Crippen LogP contribution in [0.2, 0.25) is 0 Å². The van der Waals surface area contributed by atoms with Crippen LogP contribution in [0.4, 0.5) is 0 Å². The highest BCUT2D eigenvalue weighted by molar-refractivity contribution is 8.00. The van der Waals surface area contributed by atoms with Crippen molar-refractivity contribution in [1.82, 2.24) is 9.80 Å². The number of nitrogens with zero attached hydrogens (tertiary/aromatic N) is 3. The Morgan fingerprint density at radius 3 is 2.37 bits per heavy atom. The minimum Gasteiger partial charge on any atom is -0.409 e. The summed E-state index contributed by atoms with van der Waals surface area (Å²) in [6.45, 7) is 10.9. The van der Waals surface area contributed by atoms with Gasteiger partial charge in [-0.05, 0) is 45.3 Å². The number of rotatable bonds is 7. The van der Waals surface area contributed by atoms with Gasteiger partial charge in [0.1, 0.15) is 0 Å². The summed E-state index contributed by atoms with van der Waals surface area (Å²) in [6.07, 6.45) is 3.97. The summed E-state index contributed by atoms with van der Waals surface area (Å²) < 4.78 is -0.166. The minimum absolute atomic E-state index is 0.166. The number of amidine groups is 1. The Morgan fingerprint density at radius 2 is 1.95 bits per heavy atom. The first-order valence-electron chi connectivity index (χ1n) is 7.09. The van der Waals surface area contributed by atoms with Gasteiger partial charge in [-0.15, -0.1) is 0 Å². The number of hydrogen-bond acceptors (Lipinski definition) is 5. The molecule has 1 aliphatic heterocycles. The fourth-order valence-corrected chi connectivity index (χ4v) is 3.46. The number of thioether (sulfide) groups is 1. The Labute approximate surface area is 121 Å². The summed E-state index contributed by atoms with van der Waals surface area (Å²) in [5.41, 5.74) is 5.86. The average molecular weight is 288 g/mol. The molecular formula is C13H28N4OS. The van der Waals surface area contributed by atoms with Crippen LogP contribution in [0.5, 0.6) is 0 Å². The summed E-state index contributed by atoms with van der Waals surface area (Å²) in [7, 11) is 0. The Hall–Kier alpha value is -0.460. The molecule has 6 heteroatoms. The summed E-state index contributed by atoms with van der Waals surface area (Å²) in [6, 6.07) is 0. The molecule has 1 aliphatic rings. The van der Waals surface area contributed by atoms with E-state index < -0.39 is 0 Å². The number of likely N-dealkylation sites (tertiary alicyclic amines) is 1. The second-order valence-corrected chi connectivity index (χ2v) is 6.24. The molecule has 1 saturated heterocycles. The van der Waals surface area contributed by atoms with Gasteiger partial charge in [-0.3, -0.25) is 0 Å². The topological polar surface area (TPSA) is 65.1 Å². The molecule has 1 fully saturated rings. The molecule has 19 heavy (non-hydrogen) atoms. The Kier molecular flexibility index (Phi) is 6.96. The molecule has 0 spiro atoms. The molecule has 0 aromatic rings. The van der Waals surface area contributed by atoms with Crippen molar-refractivity contribution in [3.05, 3.63) is 0 Å². The molecule has 0 amide bonds. The maximum Gasteiger partial charge on any atom is 0.155 e. The third kappa shape index (κ3) is 4.26. The van der Waals surface area contributed by atoms with Crippen LogP contribution in [0.1, 0.15) is 26.7 Å². The van der Waals surface area contributed by atoms with E-state index in [1.165, 1.54) is 0 Å². The third-order valence-electron chi connectivity index (χ3n) is 4.26. The summed E-state index contributed by atoms with van der Waals surface area (Å²) >= 11 is 1.71. The van der Waals surface area contributed by atoms with Crippen LogP contribution in [0.15, 0.2) is 5.16 Å². The number of oxime groups is 1. The SMILES string of the molecule is CCN(CC)CCN1CCC(SC)(C(N)=NO)CC1. The van der Waals surface area contributed by atoms with E-state index in [1.54, 1.807) is 11.8 Å². The van der Waals surface area contributed by atoms with Crippen molar-refractivity contribution >= 4 is 17.6 Å². The van der Waals surface area contributed by atoms with Crippen LogP contribution in [0, 0.1) is 0 Å². The summed E-state index contributed by atoms with van der Waals surface area (Å²) in [4.78, 5) is 4.93. The summed E-state index contributed by atoms with van der Waals surface area (Å²) in [5, 5.41) is 12.1. The average Bonchev–Trinajstić information content (AvgIpc) is 2.48. The van der Waals surface area contributed by atoms with Crippen molar-refractivity contribution in [3.63, 3.8) is 0 Å². The first-order valence-corrected chi connectivity index (χ1v) is 8.32. The lowest BCUT2D eigenvalue weighted by atomic mass is 9.94. The first kappa shape index (κ1) is 16.6. The molecule has 3 N–H and O–H groups in total. The fourth-order valence-electron chi connectivity index (χ4n) is 2.62. The minimum atomic E-state index is -0.166. The normalized spacial score (nSPS) is 20.9. The van der Waals surface area contributed by atoms with Crippen LogP contribution < -0.4 is 5.73 Å². The lowest BCUT2D eigenvalue weighted by Crippen LogP contribution is -2.51. The van der Waals surface area contributed by atoms with Crippen molar-refractivity contribution < 1.29 is 5.21 Å². The highest BCUT2D eigenvalue weighted by Crippen LogP contribution is 2.34. The zero-order chi connectivity index (χ0) is 14.3. The van der Waals surface area contributed by atoms with Crippen LogP contribution in [0.25, 0.3) is 0 Å². The number of likely N-dealkylation sites (N-methyl/N-ethyl adjacent to an activating group) is 1. The lowest BCUT2D eigenvalue weighted by Gasteiger charge is -2.40. The lowest BCUT2D eigenvalue weighted by molar-refractivity contribution is 0.182. The van der Waals surface area contributed by atoms with Gasteiger partial charge in [0.25, 0.3) is 0 Å². The zero-order valence-electron chi connectivity index (χ0n) is 12.4. The van der Waals surface area contributed by atoms with E-state index in [0.29, 0.717) is 5.84 Å². The van der Waals surface area contributed by atoms with Gasteiger partial charge in [-0.25, -0.2) is 0 Å². The largest absolute Gasteiger partial charge is 0.409 e. The van der Waals surface area contributed by atoms with Gasteiger partial charge in [0.05, 0.1) is 4.75 Å². The van der Waals surface area contributed by atoms with Gasteiger partial charge >= 0.3 is 0 Å². The quantitative estimate of drug-likeness (QED) is 0.320. The van der Waals surface area contributed by atoms with E-state index >= 15 is 0 Å². The molecule has 1 heterocycles. The standard InChI is InChI=1S/C13H28N4OS/c1-4-16(5-2)10-11-17-8-6-13(19-3,7-9-17)12(14)15-18/h18H,4-11H2,1-3H3,(H2,14,15). The molecule has 0 aliphatic carbocycles. The molecule has 5 nitrogen and oxygen atoms in total. The number of nitrogens with two attached hydrogens (primary N) is 1. The van der Waals surface area contributed by atoms with Crippen molar-refractivity contribution in [1.29, 1.82) is 0 Å². The van der Waals surface area contributed by atoms with E-state index in [1.807, 2.05) is 6.26 Å². The molecule has 0 unspecified atom stereocenters. The molecule has 0 aromatic heterocycles. The highest BCUT2D eigenvalue weighted by atomic mass is 32.2. The van der Waals surface area contributed by atoms with Crippen molar-refractivity contribution in [3.8, 4) is 0 Å². The van der Waals surface area contributed by atoms with Gasteiger partial charge in [-0.1, -0.05) is 19.0 Å². The maximum atomic E-state index is 8.92. The van der Waals surface area contributed by atoms with Crippen LogP contribution in [-0.2, 0) is 0 Å². The van der Waals surface area contributed by atoms with Crippen LogP contribution in [-0.4, -0.2) is 71.1 Å². The van der Waals surface area contributed by atoms with Crippen molar-refractivity contribution in [2.24, 2.45) is 10.9 Å². The van der Waals surface area contributed by atoms with Crippen LogP contribution in [0.3, 0.4) is 0 Å². The molecule has 0 atom stereocenters. The molecular weight excluding hydrogens is 260 g/mol. The van der Waals surface area contributed by atoms with Crippen molar-refractivity contribution in [2.45, 2.75) is 31.4 Å². The zero-order valence-corrected chi connectivity index (χ0v) is 13.2.